The van der Waals surface area contributed by atoms with Crippen LogP contribution in [0.3, 0.4) is 0 Å². The second-order valence-corrected chi connectivity index (χ2v) is 3.39. The van der Waals surface area contributed by atoms with Gasteiger partial charge in [-0.15, -0.1) is 0 Å². The minimum atomic E-state index is 0.357. The van der Waals surface area contributed by atoms with Crippen LogP contribution < -0.4 is 0 Å². The molecule has 0 saturated heterocycles. The Morgan fingerprint density at radius 2 is 2.12 bits per heavy atom. The summed E-state index contributed by atoms with van der Waals surface area (Å²) in [5.41, 5.74) is 1.43. The van der Waals surface area contributed by atoms with Crippen molar-refractivity contribution in [3.63, 3.8) is 0 Å². The molecule has 1 heterocycles. The maximum absolute atomic E-state index is 8.52. The lowest BCUT2D eigenvalue weighted by Gasteiger charge is -1.91. The first-order valence-corrected chi connectivity index (χ1v) is 4.85. The first-order chi connectivity index (χ1) is 7.79. The summed E-state index contributed by atoms with van der Waals surface area (Å²) in [5, 5.41) is 15.4. The van der Waals surface area contributed by atoms with Gasteiger partial charge in [-0.3, -0.25) is 0 Å². The van der Waals surface area contributed by atoms with Crippen LogP contribution in [0.15, 0.2) is 40.0 Å². The van der Waals surface area contributed by atoms with Crippen molar-refractivity contribution in [3.8, 4) is 11.4 Å². The molecular weight excluding hydrogens is 206 g/mol. The molecule has 1 aromatic heterocycles. The SMILES string of the molecule is C/C(Cc1nc(-c2ccccc2)no1)=N/O. The van der Waals surface area contributed by atoms with Gasteiger partial charge in [0, 0.05) is 5.56 Å². The summed E-state index contributed by atoms with van der Waals surface area (Å²) < 4.78 is 5.04. The van der Waals surface area contributed by atoms with Gasteiger partial charge in [0.05, 0.1) is 12.1 Å². The summed E-state index contributed by atoms with van der Waals surface area (Å²) in [7, 11) is 0. The van der Waals surface area contributed by atoms with Crippen molar-refractivity contribution in [1.29, 1.82) is 0 Å². The van der Waals surface area contributed by atoms with Crippen LogP contribution in [0.5, 0.6) is 0 Å². The number of oxime groups is 1. The molecule has 82 valence electrons. The van der Waals surface area contributed by atoms with Crippen molar-refractivity contribution in [2.45, 2.75) is 13.3 Å². The lowest BCUT2D eigenvalue weighted by Crippen LogP contribution is -1.97. The van der Waals surface area contributed by atoms with E-state index in [0.29, 0.717) is 23.8 Å². The molecule has 0 unspecified atom stereocenters. The van der Waals surface area contributed by atoms with Crippen LogP contribution in [0, 0.1) is 0 Å². The zero-order chi connectivity index (χ0) is 11.4. The number of aromatic nitrogens is 2. The Balaban J connectivity index is 2.20. The Morgan fingerprint density at radius 1 is 1.38 bits per heavy atom. The molecule has 0 bridgehead atoms. The molecule has 0 spiro atoms. The molecule has 0 aliphatic heterocycles. The lowest BCUT2D eigenvalue weighted by molar-refractivity contribution is 0.316. The van der Waals surface area contributed by atoms with Gasteiger partial charge in [-0.05, 0) is 6.92 Å². The summed E-state index contributed by atoms with van der Waals surface area (Å²) in [6.07, 6.45) is 0.357. The van der Waals surface area contributed by atoms with E-state index in [-0.39, 0.29) is 0 Å². The van der Waals surface area contributed by atoms with Gasteiger partial charge in [0.1, 0.15) is 0 Å². The molecule has 2 aromatic rings. The second kappa shape index (κ2) is 4.57. The highest BCUT2D eigenvalue weighted by atomic mass is 16.5. The number of hydrogen-bond donors (Lipinski definition) is 1. The molecule has 0 aliphatic rings. The molecular formula is C11H11N3O2. The van der Waals surface area contributed by atoms with Crippen LogP contribution in [0.25, 0.3) is 11.4 Å². The maximum atomic E-state index is 8.52. The first kappa shape index (κ1) is 10.4. The average Bonchev–Trinajstić information content (AvgIpc) is 2.78. The Morgan fingerprint density at radius 3 is 2.81 bits per heavy atom. The van der Waals surface area contributed by atoms with Gasteiger partial charge < -0.3 is 9.73 Å². The van der Waals surface area contributed by atoms with E-state index in [1.54, 1.807) is 6.92 Å². The summed E-state index contributed by atoms with van der Waals surface area (Å²) in [6, 6.07) is 9.55. The molecule has 5 nitrogen and oxygen atoms in total. The highest BCUT2D eigenvalue weighted by Gasteiger charge is 2.08. The van der Waals surface area contributed by atoms with Crippen LogP contribution in [-0.2, 0) is 6.42 Å². The molecule has 0 amide bonds. The summed E-state index contributed by atoms with van der Waals surface area (Å²) in [5.74, 6) is 0.982. The zero-order valence-corrected chi connectivity index (χ0v) is 8.79. The Bertz CT molecular complexity index is 491. The van der Waals surface area contributed by atoms with E-state index in [9.17, 15) is 0 Å². The average molecular weight is 217 g/mol. The normalized spacial score (nSPS) is 11.7. The fraction of sp³-hybridized carbons (Fsp3) is 0.182. The molecule has 0 radical (unpaired) electrons. The van der Waals surface area contributed by atoms with E-state index in [1.165, 1.54) is 0 Å². The fourth-order valence-electron chi connectivity index (χ4n) is 1.29. The number of nitrogens with zero attached hydrogens (tertiary/aromatic N) is 3. The quantitative estimate of drug-likeness (QED) is 0.485. The van der Waals surface area contributed by atoms with Gasteiger partial charge in [0.15, 0.2) is 0 Å². The monoisotopic (exact) mass is 217 g/mol. The highest BCUT2D eigenvalue weighted by Crippen LogP contribution is 2.14. The molecule has 1 N–H and O–H groups in total. The van der Waals surface area contributed by atoms with Crippen LogP contribution in [0.2, 0.25) is 0 Å². The van der Waals surface area contributed by atoms with Gasteiger partial charge in [-0.25, -0.2) is 0 Å². The molecule has 0 atom stereocenters. The van der Waals surface area contributed by atoms with E-state index in [4.69, 9.17) is 9.73 Å². The summed E-state index contributed by atoms with van der Waals surface area (Å²) >= 11 is 0. The van der Waals surface area contributed by atoms with Gasteiger partial charge in [-0.2, -0.15) is 4.98 Å². The van der Waals surface area contributed by atoms with Crippen molar-refractivity contribution < 1.29 is 9.73 Å². The van der Waals surface area contributed by atoms with Gasteiger partial charge in [0.2, 0.25) is 11.7 Å². The summed E-state index contributed by atoms with van der Waals surface area (Å²) in [4.78, 5) is 4.20. The standard InChI is InChI=1S/C11H11N3O2/c1-8(13-15)7-10-12-11(14-16-10)9-5-3-2-4-6-9/h2-6,15H,7H2,1H3/b13-8-. The topological polar surface area (TPSA) is 71.5 Å². The third-order valence-corrected chi connectivity index (χ3v) is 2.08. The first-order valence-electron chi connectivity index (χ1n) is 4.85. The fourth-order valence-corrected chi connectivity index (χ4v) is 1.29. The smallest absolute Gasteiger partial charge is 0.232 e. The van der Waals surface area contributed by atoms with E-state index < -0.39 is 0 Å². The molecule has 0 fully saturated rings. The number of rotatable bonds is 3. The third kappa shape index (κ3) is 2.25. The molecule has 1 aromatic carbocycles. The van der Waals surface area contributed by atoms with Crippen LogP contribution >= 0.6 is 0 Å². The highest BCUT2D eigenvalue weighted by molar-refractivity contribution is 5.82. The molecule has 5 heteroatoms. The van der Waals surface area contributed by atoms with Gasteiger partial charge >= 0.3 is 0 Å². The van der Waals surface area contributed by atoms with Gasteiger partial charge in [0.25, 0.3) is 0 Å². The Kier molecular flexibility index (Phi) is 2.95. The predicted octanol–water partition coefficient (Wildman–Crippen LogP) is 2.13. The van der Waals surface area contributed by atoms with E-state index >= 15 is 0 Å². The van der Waals surface area contributed by atoms with Crippen molar-refractivity contribution in [2.75, 3.05) is 0 Å². The Labute approximate surface area is 92.4 Å². The number of benzene rings is 1. The van der Waals surface area contributed by atoms with Crippen molar-refractivity contribution in [3.05, 3.63) is 36.2 Å². The van der Waals surface area contributed by atoms with Crippen LogP contribution in [0.1, 0.15) is 12.8 Å². The van der Waals surface area contributed by atoms with Crippen molar-refractivity contribution in [1.82, 2.24) is 10.1 Å². The zero-order valence-electron chi connectivity index (χ0n) is 8.79. The van der Waals surface area contributed by atoms with Crippen LogP contribution in [-0.4, -0.2) is 21.1 Å². The van der Waals surface area contributed by atoms with E-state index in [2.05, 4.69) is 15.3 Å². The molecule has 0 saturated carbocycles. The minimum absolute atomic E-state index is 0.357. The van der Waals surface area contributed by atoms with Crippen molar-refractivity contribution in [2.24, 2.45) is 5.16 Å². The second-order valence-electron chi connectivity index (χ2n) is 3.39. The third-order valence-electron chi connectivity index (χ3n) is 2.08. The lowest BCUT2D eigenvalue weighted by atomic mass is 10.2. The number of hydrogen-bond acceptors (Lipinski definition) is 5. The predicted molar refractivity (Wildman–Crippen MR) is 58.3 cm³/mol. The van der Waals surface area contributed by atoms with Crippen LogP contribution in [0.4, 0.5) is 0 Å². The minimum Gasteiger partial charge on any atom is -0.411 e. The van der Waals surface area contributed by atoms with E-state index in [1.807, 2.05) is 30.3 Å². The van der Waals surface area contributed by atoms with E-state index in [0.717, 1.165) is 5.56 Å². The molecule has 16 heavy (non-hydrogen) atoms. The maximum Gasteiger partial charge on any atom is 0.232 e. The van der Waals surface area contributed by atoms with Gasteiger partial charge in [-0.1, -0.05) is 40.6 Å². The molecule has 0 aliphatic carbocycles. The molecule has 2 rings (SSSR count). The summed E-state index contributed by atoms with van der Waals surface area (Å²) in [6.45, 7) is 1.69. The van der Waals surface area contributed by atoms with Crippen molar-refractivity contribution >= 4 is 5.71 Å². The Hall–Kier alpha value is -2.17. The largest absolute Gasteiger partial charge is 0.411 e.